The van der Waals surface area contributed by atoms with E-state index in [9.17, 15) is 9.90 Å². The molecule has 2 aromatic rings. The molecule has 0 saturated carbocycles. The van der Waals surface area contributed by atoms with Crippen LogP contribution in [-0.4, -0.2) is 17.6 Å². The number of anilines is 1. The fourth-order valence-corrected chi connectivity index (χ4v) is 2.25. The number of nitrogens with one attached hydrogen (secondary N) is 1. The quantitative estimate of drug-likeness (QED) is 0.825. The van der Waals surface area contributed by atoms with Crippen molar-refractivity contribution in [3.8, 4) is 11.5 Å². The number of carbonyl (C=O) groups excluding carboxylic acids is 1. The number of benzene rings is 2. The third-order valence-electron chi connectivity index (χ3n) is 3.35. The molecule has 0 fully saturated rings. The van der Waals surface area contributed by atoms with Crippen molar-refractivity contribution in [3.05, 3.63) is 52.0 Å². The minimum atomic E-state index is -0.344. The molecule has 0 spiro atoms. The van der Waals surface area contributed by atoms with E-state index >= 15 is 0 Å². The molecule has 0 radical (unpaired) electrons. The molecular weight excluding hydrogens is 302 g/mol. The third-order valence-corrected chi connectivity index (χ3v) is 3.65. The summed E-state index contributed by atoms with van der Waals surface area (Å²) in [7, 11) is 0. The smallest absolute Gasteiger partial charge is 0.255 e. The summed E-state index contributed by atoms with van der Waals surface area (Å²) in [6.45, 7) is 6.17. The Kier molecular flexibility index (Phi) is 4.93. The van der Waals surface area contributed by atoms with Gasteiger partial charge >= 0.3 is 0 Å². The minimum Gasteiger partial charge on any atom is -0.506 e. The average Bonchev–Trinajstić information content (AvgIpc) is 2.47. The number of phenols is 1. The molecule has 0 aliphatic carbocycles. The van der Waals surface area contributed by atoms with Crippen molar-refractivity contribution in [1.29, 1.82) is 0 Å². The van der Waals surface area contributed by atoms with Crippen LogP contribution in [0, 0.1) is 13.8 Å². The summed E-state index contributed by atoms with van der Waals surface area (Å²) in [5, 5.41) is 13.0. The van der Waals surface area contributed by atoms with Crippen molar-refractivity contribution < 1.29 is 14.6 Å². The molecule has 0 aromatic heterocycles. The van der Waals surface area contributed by atoms with Crippen molar-refractivity contribution >= 4 is 23.2 Å². The average molecular weight is 320 g/mol. The molecule has 0 bridgehead atoms. The molecule has 1 amide bonds. The van der Waals surface area contributed by atoms with E-state index < -0.39 is 0 Å². The van der Waals surface area contributed by atoms with Gasteiger partial charge in [0.25, 0.3) is 5.91 Å². The van der Waals surface area contributed by atoms with E-state index in [1.807, 2.05) is 20.8 Å². The number of hydrogen-bond acceptors (Lipinski definition) is 3. The lowest BCUT2D eigenvalue weighted by Crippen LogP contribution is -2.12. The summed E-state index contributed by atoms with van der Waals surface area (Å²) < 4.78 is 5.33. The van der Waals surface area contributed by atoms with Gasteiger partial charge < -0.3 is 15.2 Å². The number of rotatable bonds is 4. The van der Waals surface area contributed by atoms with Gasteiger partial charge in [0.15, 0.2) is 0 Å². The Balaban J connectivity index is 2.22. The lowest BCUT2D eigenvalue weighted by Gasteiger charge is -2.11. The normalized spacial score (nSPS) is 10.4. The predicted molar refractivity (Wildman–Crippen MR) is 88.2 cm³/mol. The van der Waals surface area contributed by atoms with Gasteiger partial charge in [-0.05, 0) is 62.2 Å². The maximum Gasteiger partial charge on any atom is 0.255 e. The SMILES string of the molecule is CCOc1ccc(C(=O)Nc2cc(C)c(C)cc2O)cc1Cl. The molecule has 116 valence electrons. The van der Waals surface area contributed by atoms with Crippen LogP contribution in [0.25, 0.3) is 0 Å². The van der Waals surface area contributed by atoms with Gasteiger partial charge in [-0.25, -0.2) is 0 Å². The van der Waals surface area contributed by atoms with Crippen molar-refractivity contribution in [2.75, 3.05) is 11.9 Å². The van der Waals surface area contributed by atoms with Gasteiger partial charge in [0, 0.05) is 5.56 Å². The molecule has 22 heavy (non-hydrogen) atoms. The standard InChI is InChI=1S/C17H18ClNO3/c1-4-22-16-6-5-12(9-13(16)18)17(21)19-14-7-10(2)11(3)8-15(14)20/h5-9,20H,4H2,1-3H3,(H,19,21). The molecule has 2 aromatic carbocycles. The maximum absolute atomic E-state index is 12.3. The Morgan fingerprint density at radius 3 is 2.55 bits per heavy atom. The van der Waals surface area contributed by atoms with Crippen molar-refractivity contribution in [3.63, 3.8) is 0 Å². The highest BCUT2D eigenvalue weighted by Gasteiger charge is 2.12. The van der Waals surface area contributed by atoms with Gasteiger partial charge in [-0.2, -0.15) is 0 Å². The minimum absolute atomic E-state index is 0.0356. The Bertz CT molecular complexity index is 713. The molecule has 0 unspecified atom stereocenters. The third kappa shape index (κ3) is 3.52. The highest BCUT2D eigenvalue weighted by Crippen LogP contribution is 2.29. The lowest BCUT2D eigenvalue weighted by molar-refractivity contribution is 0.102. The van der Waals surface area contributed by atoms with Crippen LogP contribution in [0.3, 0.4) is 0 Å². The zero-order chi connectivity index (χ0) is 16.3. The fraction of sp³-hybridized carbons (Fsp3) is 0.235. The lowest BCUT2D eigenvalue weighted by atomic mass is 10.1. The van der Waals surface area contributed by atoms with Gasteiger partial charge in [-0.15, -0.1) is 0 Å². The number of aromatic hydroxyl groups is 1. The Morgan fingerprint density at radius 1 is 1.23 bits per heavy atom. The molecule has 0 saturated heterocycles. The number of hydrogen-bond donors (Lipinski definition) is 2. The second-order valence-corrected chi connectivity index (χ2v) is 5.39. The van der Waals surface area contributed by atoms with E-state index in [1.165, 1.54) is 0 Å². The number of ether oxygens (including phenoxy) is 1. The second kappa shape index (κ2) is 6.71. The highest BCUT2D eigenvalue weighted by molar-refractivity contribution is 6.32. The number of amides is 1. The molecule has 2 rings (SSSR count). The number of halogens is 1. The summed E-state index contributed by atoms with van der Waals surface area (Å²) in [4.78, 5) is 12.3. The van der Waals surface area contributed by atoms with Crippen LogP contribution >= 0.6 is 11.6 Å². The fourth-order valence-electron chi connectivity index (χ4n) is 2.01. The predicted octanol–water partition coefficient (Wildman–Crippen LogP) is 4.31. The molecule has 0 atom stereocenters. The van der Waals surface area contributed by atoms with Gasteiger partial charge in [0.2, 0.25) is 0 Å². The Morgan fingerprint density at radius 2 is 1.91 bits per heavy atom. The monoisotopic (exact) mass is 319 g/mol. The van der Waals surface area contributed by atoms with Crippen molar-refractivity contribution in [2.24, 2.45) is 0 Å². The maximum atomic E-state index is 12.3. The molecule has 0 aliphatic heterocycles. The molecule has 0 heterocycles. The van der Waals surface area contributed by atoms with Gasteiger partial charge in [0.1, 0.15) is 11.5 Å². The largest absolute Gasteiger partial charge is 0.506 e. The first kappa shape index (κ1) is 16.2. The zero-order valence-corrected chi connectivity index (χ0v) is 13.5. The van der Waals surface area contributed by atoms with Crippen LogP contribution < -0.4 is 10.1 Å². The molecular formula is C17H18ClNO3. The van der Waals surface area contributed by atoms with Crippen molar-refractivity contribution in [2.45, 2.75) is 20.8 Å². The zero-order valence-electron chi connectivity index (χ0n) is 12.7. The van der Waals surface area contributed by atoms with Crippen LogP contribution in [0.5, 0.6) is 11.5 Å². The van der Waals surface area contributed by atoms with E-state index in [0.717, 1.165) is 11.1 Å². The van der Waals surface area contributed by atoms with Gasteiger partial charge in [-0.3, -0.25) is 4.79 Å². The van der Waals surface area contributed by atoms with Crippen LogP contribution in [0.15, 0.2) is 30.3 Å². The highest BCUT2D eigenvalue weighted by atomic mass is 35.5. The van der Waals surface area contributed by atoms with Crippen LogP contribution in [0.1, 0.15) is 28.4 Å². The van der Waals surface area contributed by atoms with Crippen LogP contribution in [0.4, 0.5) is 5.69 Å². The summed E-state index contributed by atoms with van der Waals surface area (Å²) in [6.07, 6.45) is 0. The van der Waals surface area contributed by atoms with E-state index in [-0.39, 0.29) is 11.7 Å². The summed E-state index contributed by atoms with van der Waals surface area (Å²) in [5.41, 5.74) is 2.71. The topological polar surface area (TPSA) is 58.6 Å². The number of aryl methyl sites for hydroxylation is 2. The number of carbonyl (C=O) groups is 1. The summed E-state index contributed by atoms with van der Waals surface area (Å²) in [5.74, 6) is 0.228. The second-order valence-electron chi connectivity index (χ2n) is 4.99. The Labute approximate surface area is 134 Å². The van der Waals surface area contributed by atoms with E-state index in [2.05, 4.69) is 5.32 Å². The van der Waals surface area contributed by atoms with Gasteiger partial charge in [0.05, 0.1) is 17.3 Å². The first-order chi connectivity index (χ1) is 10.4. The first-order valence-corrected chi connectivity index (χ1v) is 7.34. The van der Waals surface area contributed by atoms with Crippen LogP contribution in [0.2, 0.25) is 5.02 Å². The molecule has 5 heteroatoms. The van der Waals surface area contributed by atoms with Crippen LogP contribution in [-0.2, 0) is 0 Å². The molecule has 4 nitrogen and oxygen atoms in total. The van der Waals surface area contributed by atoms with Crippen molar-refractivity contribution in [1.82, 2.24) is 0 Å². The Hall–Kier alpha value is -2.20. The summed E-state index contributed by atoms with van der Waals surface area (Å²) in [6, 6.07) is 8.18. The van der Waals surface area contributed by atoms with E-state index in [1.54, 1.807) is 30.3 Å². The number of phenolic OH excluding ortho intramolecular Hbond substituents is 1. The van der Waals surface area contributed by atoms with Gasteiger partial charge in [-0.1, -0.05) is 11.6 Å². The summed E-state index contributed by atoms with van der Waals surface area (Å²) >= 11 is 6.08. The first-order valence-electron chi connectivity index (χ1n) is 6.96. The molecule has 0 aliphatic rings. The van der Waals surface area contributed by atoms with E-state index in [0.29, 0.717) is 28.6 Å². The van der Waals surface area contributed by atoms with E-state index in [4.69, 9.17) is 16.3 Å². The molecule has 2 N–H and O–H groups in total.